The Morgan fingerprint density at radius 3 is 2.76 bits per heavy atom. The average molecular weight is 341 g/mol. The third kappa shape index (κ3) is 6.10. The monoisotopic (exact) mass is 341 g/mol. The lowest BCUT2D eigenvalue weighted by molar-refractivity contribution is 0.0948. The molecule has 0 aliphatic carbocycles. The lowest BCUT2D eigenvalue weighted by Crippen LogP contribution is -2.25. The number of nitrogens with zero attached hydrogens (tertiary/aromatic N) is 1. The molecule has 0 bridgehead atoms. The Balaban J connectivity index is 2.05. The molecule has 0 spiro atoms. The number of unbranched alkanes of at least 4 members (excludes halogenated alkanes) is 2. The van der Waals surface area contributed by atoms with Crippen LogP contribution in [0.3, 0.4) is 0 Å². The molecular weight excluding hydrogens is 314 g/mol. The maximum Gasteiger partial charge on any atom is 0.269 e. The molecule has 1 aromatic heterocycles. The van der Waals surface area contributed by atoms with Gasteiger partial charge in [0.1, 0.15) is 11.4 Å². The molecule has 0 atom stereocenters. The van der Waals surface area contributed by atoms with Crippen LogP contribution in [-0.4, -0.2) is 23.5 Å². The van der Waals surface area contributed by atoms with E-state index in [-0.39, 0.29) is 12.0 Å². The van der Waals surface area contributed by atoms with E-state index >= 15 is 0 Å². The summed E-state index contributed by atoms with van der Waals surface area (Å²) in [7, 11) is 0. The maximum atomic E-state index is 12.2. The van der Waals surface area contributed by atoms with Gasteiger partial charge in [-0.3, -0.25) is 9.78 Å². The van der Waals surface area contributed by atoms with Crippen molar-refractivity contribution in [1.82, 2.24) is 10.3 Å². The fourth-order valence-electron chi connectivity index (χ4n) is 2.38. The van der Waals surface area contributed by atoms with Crippen LogP contribution in [0.4, 0.5) is 11.4 Å². The van der Waals surface area contributed by atoms with E-state index in [0.717, 1.165) is 36.4 Å². The number of rotatable bonds is 9. The van der Waals surface area contributed by atoms with Gasteiger partial charge in [0.05, 0.1) is 11.8 Å². The smallest absolute Gasteiger partial charge is 0.269 e. The van der Waals surface area contributed by atoms with Crippen molar-refractivity contribution in [3.63, 3.8) is 0 Å². The van der Waals surface area contributed by atoms with Crippen LogP contribution in [0.5, 0.6) is 5.75 Å². The molecule has 5 nitrogen and oxygen atoms in total. The summed E-state index contributed by atoms with van der Waals surface area (Å²) in [6, 6.07) is 11.3. The maximum absolute atomic E-state index is 12.2. The number of hydrogen-bond acceptors (Lipinski definition) is 4. The van der Waals surface area contributed by atoms with E-state index in [9.17, 15) is 4.79 Å². The molecule has 25 heavy (non-hydrogen) atoms. The van der Waals surface area contributed by atoms with Crippen molar-refractivity contribution in [3.8, 4) is 5.75 Å². The molecule has 0 saturated heterocycles. The number of carbonyl (C=O) groups is 1. The van der Waals surface area contributed by atoms with Crippen LogP contribution >= 0.6 is 0 Å². The molecule has 134 valence electrons. The van der Waals surface area contributed by atoms with Crippen molar-refractivity contribution >= 4 is 17.3 Å². The number of ether oxygens (including phenoxy) is 1. The molecule has 5 heteroatoms. The first-order chi connectivity index (χ1) is 12.1. The van der Waals surface area contributed by atoms with E-state index in [1.807, 2.05) is 44.2 Å². The number of pyridine rings is 1. The zero-order chi connectivity index (χ0) is 18.1. The van der Waals surface area contributed by atoms with Gasteiger partial charge in [0.25, 0.3) is 5.91 Å². The fraction of sp³-hybridized carbons (Fsp3) is 0.400. The molecule has 1 heterocycles. The Morgan fingerprint density at radius 2 is 2.00 bits per heavy atom. The van der Waals surface area contributed by atoms with Gasteiger partial charge in [-0.2, -0.15) is 0 Å². The minimum absolute atomic E-state index is 0.0878. The molecule has 0 unspecified atom stereocenters. The lowest BCUT2D eigenvalue weighted by atomic mass is 10.2. The predicted molar refractivity (Wildman–Crippen MR) is 102 cm³/mol. The van der Waals surface area contributed by atoms with Gasteiger partial charge >= 0.3 is 0 Å². The van der Waals surface area contributed by atoms with E-state index in [4.69, 9.17) is 4.74 Å². The van der Waals surface area contributed by atoms with Gasteiger partial charge in [-0.1, -0.05) is 31.9 Å². The van der Waals surface area contributed by atoms with Crippen molar-refractivity contribution in [3.05, 3.63) is 48.3 Å². The number of nitrogens with one attached hydrogen (secondary N) is 2. The molecule has 0 aliphatic heterocycles. The van der Waals surface area contributed by atoms with Crippen LogP contribution in [0.15, 0.2) is 42.6 Å². The largest absolute Gasteiger partial charge is 0.489 e. The summed E-state index contributed by atoms with van der Waals surface area (Å²) in [5.74, 6) is 0.631. The van der Waals surface area contributed by atoms with Gasteiger partial charge in [-0.15, -0.1) is 0 Å². The highest BCUT2D eigenvalue weighted by molar-refractivity contribution is 5.93. The van der Waals surface area contributed by atoms with Gasteiger partial charge in [-0.05, 0) is 44.5 Å². The van der Waals surface area contributed by atoms with Crippen LogP contribution in [0, 0.1) is 0 Å². The second kappa shape index (κ2) is 9.67. The minimum atomic E-state index is -0.147. The Morgan fingerprint density at radius 1 is 1.20 bits per heavy atom. The molecule has 0 radical (unpaired) electrons. The molecule has 1 aromatic carbocycles. The number of aromatic nitrogens is 1. The van der Waals surface area contributed by atoms with E-state index in [2.05, 4.69) is 22.5 Å². The second-order valence-corrected chi connectivity index (χ2v) is 6.18. The normalized spacial score (nSPS) is 10.6. The van der Waals surface area contributed by atoms with E-state index < -0.39 is 0 Å². The highest BCUT2D eigenvalue weighted by atomic mass is 16.5. The van der Waals surface area contributed by atoms with Crippen molar-refractivity contribution in [2.45, 2.75) is 46.1 Å². The summed E-state index contributed by atoms with van der Waals surface area (Å²) in [5, 5.41) is 6.21. The Bertz CT molecular complexity index is 686. The predicted octanol–water partition coefficient (Wildman–Crippen LogP) is 4.53. The van der Waals surface area contributed by atoms with Crippen LogP contribution in [-0.2, 0) is 0 Å². The van der Waals surface area contributed by atoms with Crippen molar-refractivity contribution < 1.29 is 9.53 Å². The van der Waals surface area contributed by atoms with Gasteiger partial charge in [0.2, 0.25) is 0 Å². The number of benzene rings is 1. The third-order valence-corrected chi connectivity index (χ3v) is 3.59. The molecule has 0 saturated carbocycles. The second-order valence-electron chi connectivity index (χ2n) is 6.18. The minimum Gasteiger partial charge on any atom is -0.489 e. The fourth-order valence-corrected chi connectivity index (χ4v) is 2.38. The highest BCUT2D eigenvalue weighted by Crippen LogP contribution is 2.28. The summed E-state index contributed by atoms with van der Waals surface area (Å²) >= 11 is 0. The van der Waals surface area contributed by atoms with Gasteiger partial charge in [0.15, 0.2) is 0 Å². The quantitative estimate of drug-likeness (QED) is 0.658. The molecule has 2 rings (SSSR count). The molecule has 1 amide bonds. The van der Waals surface area contributed by atoms with E-state index in [0.29, 0.717) is 12.2 Å². The Labute approximate surface area is 149 Å². The van der Waals surface area contributed by atoms with Crippen LogP contribution < -0.4 is 15.4 Å². The molecule has 2 aromatic rings. The number of hydrogen-bond donors (Lipinski definition) is 2. The van der Waals surface area contributed by atoms with E-state index in [1.54, 1.807) is 12.3 Å². The number of carbonyl (C=O) groups excluding carboxylic acids is 1. The number of amides is 1. The first-order valence-corrected chi connectivity index (χ1v) is 8.87. The van der Waals surface area contributed by atoms with Crippen molar-refractivity contribution in [2.75, 3.05) is 11.9 Å². The zero-order valence-corrected chi connectivity index (χ0v) is 15.2. The molecule has 0 fully saturated rings. The Kier molecular flexibility index (Phi) is 7.26. The topological polar surface area (TPSA) is 63.2 Å². The van der Waals surface area contributed by atoms with Crippen molar-refractivity contribution in [1.29, 1.82) is 0 Å². The van der Waals surface area contributed by atoms with Crippen LogP contribution in [0.2, 0.25) is 0 Å². The van der Waals surface area contributed by atoms with Crippen molar-refractivity contribution in [2.24, 2.45) is 0 Å². The van der Waals surface area contributed by atoms with E-state index in [1.165, 1.54) is 0 Å². The molecule has 0 aliphatic rings. The molecule has 2 N–H and O–H groups in total. The summed E-state index contributed by atoms with van der Waals surface area (Å²) in [6.07, 6.45) is 4.95. The summed E-state index contributed by atoms with van der Waals surface area (Å²) in [4.78, 5) is 16.4. The Hall–Kier alpha value is -2.56. The molecular formula is C20H27N3O2. The standard InChI is InChI=1S/C20H27N3O2/c1-4-5-8-12-22-20(24)18-14-16(11-13-21-18)23-17-9-6-7-10-19(17)25-15(2)3/h6-7,9-11,13-15H,4-5,8,12H2,1-3H3,(H,21,23)(H,22,24). The highest BCUT2D eigenvalue weighted by Gasteiger charge is 2.09. The van der Waals surface area contributed by atoms with Crippen LogP contribution in [0.1, 0.15) is 50.5 Å². The summed E-state index contributed by atoms with van der Waals surface area (Å²) in [5.41, 5.74) is 2.06. The first kappa shape index (κ1) is 18.8. The lowest BCUT2D eigenvalue weighted by Gasteiger charge is -2.15. The van der Waals surface area contributed by atoms with Crippen LogP contribution in [0.25, 0.3) is 0 Å². The first-order valence-electron chi connectivity index (χ1n) is 8.87. The van der Waals surface area contributed by atoms with Gasteiger partial charge in [-0.25, -0.2) is 0 Å². The number of para-hydroxylation sites is 2. The third-order valence-electron chi connectivity index (χ3n) is 3.59. The average Bonchev–Trinajstić information content (AvgIpc) is 2.60. The summed E-state index contributed by atoms with van der Waals surface area (Å²) in [6.45, 7) is 6.80. The van der Waals surface area contributed by atoms with Gasteiger partial charge in [0, 0.05) is 18.4 Å². The zero-order valence-electron chi connectivity index (χ0n) is 15.2. The van der Waals surface area contributed by atoms with Gasteiger partial charge < -0.3 is 15.4 Å². The number of anilines is 2. The SMILES string of the molecule is CCCCCNC(=O)c1cc(Nc2ccccc2OC(C)C)ccn1. The summed E-state index contributed by atoms with van der Waals surface area (Å²) < 4.78 is 5.81.